The topological polar surface area (TPSA) is 61.4 Å². The summed E-state index contributed by atoms with van der Waals surface area (Å²) in [7, 11) is -0.308. The molecule has 0 aliphatic rings. The van der Waals surface area contributed by atoms with E-state index in [2.05, 4.69) is 33.5 Å². The molecular weight excluding hydrogens is 402 g/mol. The molecular formula is C18H24BrN3O2S. The Balaban J connectivity index is 1.85. The van der Waals surface area contributed by atoms with Gasteiger partial charge in [0.1, 0.15) is 0 Å². The third kappa shape index (κ3) is 5.54. The second kappa shape index (κ2) is 8.80. The second-order valence-electron chi connectivity index (χ2n) is 5.97. The number of anilines is 1. The highest BCUT2D eigenvalue weighted by atomic mass is 79.9. The maximum Gasteiger partial charge on any atom is 0.242 e. The van der Waals surface area contributed by atoms with Crippen LogP contribution in [0.2, 0.25) is 0 Å². The first-order valence-corrected chi connectivity index (χ1v) is 10.3. The highest BCUT2D eigenvalue weighted by Crippen LogP contribution is 2.18. The van der Waals surface area contributed by atoms with Crippen molar-refractivity contribution < 1.29 is 8.42 Å². The molecule has 1 atom stereocenters. The van der Waals surface area contributed by atoms with Crippen molar-refractivity contribution in [2.24, 2.45) is 0 Å². The molecule has 5 nitrogen and oxygen atoms in total. The molecule has 0 aromatic heterocycles. The maximum atomic E-state index is 12.1. The van der Waals surface area contributed by atoms with E-state index in [1.165, 1.54) is 18.4 Å². The van der Waals surface area contributed by atoms with E-state index in [1.54, 1.807) is 12.1 Å². The number of hydrogen-bond donors (Lipinski definition) is 2. The van der Waals surface area contributed by atoms with Crippen molar-refractivity contribution in [2.75, 3.05) is 32.5 Å². The average molecular weight is 426 g/mol. The van der Waals surface area contributed by atoms with Crippen molar-refractivity contribution in [1.29, 1.82) is 0 Å². The minimum atomic E-state index is -3.38. The molecule has 1 unspecified atom stereocenters. The first kappa shape index (κ1) is 19.9. The molecule has 0 amide bonds. The van der Waals surface area contributed by atoms with Gasteiger partial charge in [0.25, 0.3) is 0 Å². The summed E-state index contributed by atoms with van der Waals surface area (Å²) in [6.07, 6.45) is 0. The summed E-state index contributed by atoms with van der Waals surface area (Å²) in [5, 5.41) is 6.79. The molecule has 2 N–H and O–H groups in total. The van der Waals surface area contributed by atoms with Crippen LogP contribution >= 0.6 is 15.9 Å². The number of sulfonamides is 1. The summed E-state index contributed by atoms with van der Waals surface area (Å²) in [6.45, 7) is 3.66. The fraction of sp³-hybridized carbons (Fsp3) is 0.333. The SMILES string of the molecule is CC(NCCNc1cccc(Br)c1)c1ccc(S(=O)(=O)N(C)C)cc1. The van der Waals surface area contributed by atoms with Gasteiger partial charge in [-0.25, -0.2) is 12.7 Å². The molecule has 0 aliphatic carbocycles. The molecule has 136 valence electrons. The Hall–Kier alpha value is -1.41. The lowest BCUT2D eigenvalue weighted by Crippen LogP contribution is -2.25. The summed E-state index contributed by atoms with van der Waals surface area (Å²) in [5.74, 6) is 0. The van der Waals surface area contributed by atoms with Crippen LogP contribution in [0.5, 0.6) is 0 Å². The van der Waals surface area contributed by atoms with Gasteiger partial charge < -0.3 is 10.6 Å². The largest absolute Gasteiger partial charge is 0.384 e. The van der Waals surface area contributed by atoms with E-state index in [4.69, 9.17) is 0 Å². The van der Waals surface area contributed by atoms with E-state index in [1.807, 2.05) is 36.4 Å². The highest BCUT2D eigenvalue weighted by Gasteiger charge is 2.17. The van der Waals surface area contributed by atoms with E-state index in [-0.39, 0.29) is 6.04 Å². The number of rotatable bonds is 8. The smallest absolute Gasteiger partial charge is 0.242 e. The van der Waals surface area contributed by atoms with Crippen LogP contribution in [0, 0.1) is 0 Å². The second-order valence-corrected chi connectivity index (χ2v) is 9.04. The van der Waals surface area contributed by atoms with Crippen LogP contribution in [0.15, 0.2) is 57.9 Å². The van der Waals surface area contributed by atoms with Gasteiger partial charge in [0, 0.05) is 43.4 Å². The monoisotopic (exact) mass is 425 g/mol. The Kier molecular flexibility index (Phi) is 7.01. The molecule has 0 saturated heterocycles. The molecule has 0 spiro atoms. The van der Waals surface area contributed by atoms with Crippen LogP contribution in [0.1, 0.15) is 18.5 Å². The van der Waals surface area contributed by atoms with Gasteiger partial charge in [0.05, 0.1) is 4.90 Å². The summed E-state index contributed by atoms with van der Waals surface area (Å²) in [4.78, 5) is 0.310. The first-order valence-electron chi connectivity index (χ1n) is 8.06. The van der Waals surface area contributed by atoms with Crippen LogP contribution in [0.25, 0.3) is 0 Å². The van der Waals surface area contributed by atoms with Crippen molar-refractivity contribution in [1.82, 2.24) is 9.62 Å². The van der Waals surface area contributed by atoms with Crippen LogP contribution < -0.4 is 10.6 Å². The lowest BCUT2D eigenvalue weighted by molar-refractivity contribution is 0.520. The minimum absolute atomic E-state index is 0.139. The predicted molar refractivity (Wildman–Crippen MR) is 106 cm³/mol. The van der Waals surface area contributed by atoms with Crippen molar-refractivity contribution in [2.45, 2.75) is 17.9 Å². The first-order chi connectivity index (χ1) is 11.8. The number of hydrogen-bond acceptors (Lipinski definition) is 4. The van der Waals surface area contributed by atoms with Gasteiger partial charge in [-0.3, -0.25) is 0 Å². The van der Waals surface area contributed by atoms with Crippen molar-refractivity contribution in [3.63, 3.8) is 0 Å². The average Bonchev–Trinajstić information content (AvgIpc) is 2.58. The van der Waals surface area contributed by atoms with Crippen LogP contribution in [-0.4, -0.2) is 39.9 Å². The third-order valence-corrected chi connectivity index (χ3v) is 6.21. The highest BCUT2D eigenvalue weighted by molar-refractivity contribution is 9.10. The third-order valence-electron chi connectivity index (χ3n) is 3.89. The fourth-order valence-electron chi connectivity index (χ4n) is 2.35. The standard InChI is InChI=1S/C18H24BrN3O2S/c1-14(20-11-12-21-17-6-4-5-16(19)13-17)15-7-9-18(10-8-15)25(23,24)22(2)3/h4-10,13-14,20-21H,11-12H2,1-3H3. The molecule has 0 fully saturated rings. The number of benzene rings is 2. The van der Waals surface area contributed by atoms with Crippen LogP contribution in [-0.2, 0) is 10.0 Å². The van der Waals surface area contributed by atoms with Gasteiger partial charge in [-0.2, -0.15) is 0 Å². The van der Waals surface area contributed by atoms with Gasteiger partial charge in [0.2, 0.25) is 10.0 Å². The molecule has 0 aliphatic heterocycles. The Bertz CT molecular complexity index is 792. The van der Waals surface area contributed by atoms with Gasteiger partial charge in [0.15, 0.2) is 0 Å². The van der Waals surface area contributed by atoms with E-state index in [9.17, 15) is 8.42 Å². The zero-order valence-electron chi connectivity index (χ0n) is 14.7. The van der Waals surface area contributed by atoms with Gasteiger partial charge in [-0.05, 0) is 42.8 Å². The summed E-state index contributed by atoms with van der Waals surface area (Å²) >= 11 is 3.45. The minimum Gasteiger partial charge on any atom is -0.384 e. The quantitative estimate of drug-likeness (QED) is 0.635. The van der Waals surface area contributed by atoms with E-state index >= 15 is 0 Å². The normalized spacial score (nSPS) is 13.0. The van der Waals surface area contributed by atoms with Crippen LogP contribution in [0.4, 0.5) is 5.69 Å². The van der Waals surface area contributed by atoms with Gasteiger partial charge in [-0.15, -0.1) is 0 Å². The fourth-order valence-corrected chi connectivity index (χ4v) is 3.65. The molecule has 2 aromatic rings. The van der Waals surface area contributed by atoms with Gasteiger partial charge in [-0.1, -0.05) is 34.1 Å². The number of nitrogens with one attached hydrogen (secondary N) is 2. The van der Waals surface area contributed by atoms with E-state index in [0.717, 1.165) is 28.8 Å². The molecule has 0 bridgehead atoms. The molecule has 2 rings (SSSR count). The summed E-state index contributed by atoms with van der Waals surface area (Å²) in [6, 6.07) is 15.2. The Morgan fingerprint density at radius 1 is 1.08 bits per heavy atom. The summed E-state index contributed by atoms with van der Waals surface area (Å²) < 4.78 is 26.4. The lowest BCUT2D eigenvalue weighted by Gasteiger charge is -2.16. The van der Waals surface area contributed by atoms with Crippen molar-refractivity contribution >= 4 is 31.6 Å². The van der Waals surface area contributed by atoms with E-state index < -0.39 is 10.0 Å². The zero-order valence-corrected chi connectivity index (χ0v) is 17.1. The predicted octanol–water partition coefficient (Wildman–Crippen LogP) is 3.46. The summed E-state index contributed by atoms with van der Waals surface area (Å²) in [5.41, 5.74) is 2.13. The number of halogens is 1. The number of nitrogens with zero attached hydrogens (tertiary/aromatic N) is 1. The molecule has 0 radical (unpaired) electrons. The molecule has 2 aromatic carbocycles. The molecule has 7 heteroatoms. The Morgan fingerprint density at radius 3 is 2.36 bits per heavy atom. The zero-order chi connectivity index (χ0) is 18.4. The Morgan fingerprint density at radius 2 is 1.76 bits per heavy atom. The van der Waals surface area contributed by atoms with Crippen LogP contribution in [0.3, 0.4) is 0 Å². The molecule has 25 heavy (non-hydrogen) atoms. The van der Waals surface area contributed by atoms with Crippen molar-refractivity contribution in [3.05, 3.63) is 58.6 Å². The van der Waals surface area contributed by atoms with Crippen molar-refractivity contribution in [3.8, 4) is 0 Å². The van der Waals surface area contributed by atoms with Gasteiger partial charge >= 0.3 is 0 Å². The molecule has 0 saturated carbocycles. The molecule has 0 heterocycles. The van der Waals surface area contributed by atoms with E-state index in [0.29, 0.717) is 4.90 Å². The lowest BCUT2D eigenvalue weighted by atomic mass is 10.1. The Labute approximate surface area is 158 Å². The maximum absolute atomic E-state index is 12.1.